The molecule has 57 heavy (non-hydrogen) atoms. The number of carbonyl (C=O) groups is 2. The summed E-state index contributed by atoms with van der Waals surface area (Å²) in [6, 6.07) is 8.53. The first kappa shape index (κ1) is 40.0. The summed E-state index contributed by atoms with van der Waals surface area (Å²) in [6.45, 7) is 1.80. The van der Waals surface area contributed by atoms with Crippen LogP contribution in [0.5, 0.6) is 5.88 Å². The van der Waals surface area contributed by atoms with Crippen LogP contribution in [0.15, 0.2) is 78.6 Å². The average Bonchev–Trinajstić information content (AvgIpc) is 3.82. The monoisotopic (exact) mass is 817 g/mol. The van der Waals surface area contributed by atoms with E-state index < -0.39 is 41.5 Å². The van der Waals surface area contributed by atoms with E-state index in [0.29, 0.717) is 41.9 Å². The van der Waals surface area contributed by atoms with Crippen molar-refractivity contribution in [1.82, 2.24) is 49.3 Å². The van der Waals surface area contributed by atoms with Crippen molar-refractivity contribution in [3.63, 3.8) is 0 Å². The van der Waals surface area contributed by atoms with Crippen LogP contribution in [0, 0.1) is 5.92 Å². The van der Waals surface area contributed by atoms with Crippen LogP contribution in [0.3, 0.4) is 0 Å². The topological polar surface area (TPSA) is 209 Å². The number of aromatic nitrogens is 10. The van der Waals surface area contributed by atoms with Crippen LogP contribution in [-0.4, -0.2) is 77.5 Å². The molecule has 1 aliphatic rings. The molecule has 1 amide bonds. The van der Waals surface area contributed by atoms with Gasteiger partial charge in [-0.15, -0.1) is 5.10 Å². The molecule has 1 aromatic carbocycles. The van der Waals surface area contributed by atoms with Crippen LogP contribution in [0.1, 0.15) is 43.6 Å². The molecule has 5 aromatic heterocycles. The van der Waals surface area contributed by atoms with E-state index >= 15 is 0 Å². The van der Waals surface area contributed by atoms with Crippen molar-refractivity contribution < 1.29 is 46.1 Å². The number of carbonyl (C=O) groups excluding carboxylic acids is 1. The Kier molecular flexibility index (Phi) is 11.1. The number of fused-ring (bicyclic) bond motifs is 4. The maximum absolute atomic E-state index is 13.8. The first-order valence-corrected chi connectivity index (χ1v) is 16.8. The van der Waals surface area contributed by atoms with Gasteiger partial charge in [-0.3, -0.25) is 19.1 Å². The minimum absolute atomic E-state index is 0.149. The summed E-state index contributed by atoms with van der Waals surface area (Å²) in [4.78, 5) is 52.8. The number of benzene rings is 1. The molecular weight excluding hydrogens is 792 g/mol. The molecule has 296 valence electrons. The number of halogens is 7. The Labute approximate surface area is 320 Å². The van der Waals surface area contributed by atoms with E-state index in [-0.39, 0.29) is 39.4 Å². The van der Waals surface area contributed by atoms with Gasteiger partial charge in [0.15, 0.2) is 5.69 Å². The summed E-state index contributed by atoms with van der Waals surface area (Å²) in [6.07, 6.45) is -0.529. The minimum atomic E-state index is -5.08. The lowest BCUT2D eigenvalue weighted by atomic mass is 9.97. The zero-order valence-corrected chi connectivity index (χ0v) is 29.7. The van der Waals surface area contributed by atoms with Crippen molar-refractivity contribution >= 4 is 29.2 Å². The van der Waals surface area contributed by atoms with E-state index in [1.165, 1.54) is 52.4 Å². The number of anilines is 1. The third-order valence-electron chi connectivity index (χ3n) is 8.53. The predicted molar refractivity (Wildman–Crippen MR) is 186 cm³/mol. The molecule has 16 nitrogen and oxygen atoms in total. The smallest absolute Gasteiger partial charge is 0.490 e. The number of rotatable bonds is 4. The van der Waals surface area contributed by atoms with Gasteiger partial charge in [-0.25, -0.2) is 29.1 Å². The lowest BCUT2D eigenvalue weighted by Gasteiger charge is -2.22. The molecule has 0 saturated heterocycles. The maximum atomic E-state index is 13.8. The van der Waals surface area contributed by atoms with Crippen molar-refractivity contribution in [3.05, 3.63) is 101 Å². The van der Waals surface area contributed by atoms with Crippen molar-refractivity contribution in [2.75, 3.05) is 5.32 Å². The molecule has 6 heterocycles. The molecule has 0 aliphatic carbocycles. The van der Waals surface area contributed by atoms with Gasteiger partial charge in [-0.2, -0.15) is 31.4 Å². The Balaban J connectivity index is 0.000000719. The minimum Gasteiger partial charge on any atom is -0.492 e. The summed E-state index contributed by atoms with van der Waals surface area (Å²) in [5, 5.41) is 32.1. The van der Waals surface area contributed by atoms with Crippen LogP contribution < -0.4 is 10.9 Å². The highest BCUT2D eigenvalue weighted by Crippen LogP contribution is 2.35. The quantitative estimate of drug-likeness (QED) is 0.178. The maximum Gasteiger partial charge on any atom is 0.490 e. The van der Waals surface area contributed by atoms with Gasteiger partial charge < -0.3 is 15.5 Å². The Morgan fingerprint density at radius 2 is 1.72 bits per heavy atom. The Morgan fingerprint density at radius 3 is 2.39 bits per heavy atom. The number of aromatic hydroxyl groups is 1. The summed E-state index contributed by atoms with van der Waals surface area (Å²) in [5.41, 5.74) is 1.01. The fraction of sp³-hybridized carbons (Fsp3) is 0.235. The van der Waals surface area contributed by atoms with Gasteiger partial charge >= 0.3 is 18.3 Å². The van der Waals surface area contributed by atoms with Gasteiger partial charge in [-0.05, 0) is 43.2 Å². The molecule has 0 saturated carbocycles. The highest BCUT2D eigenvalue weighted by atomic mass is 35.5. The number of nitrogens with zero attached hydrogens (tertiary/aromatic N) is 10. The Hall–Kier alpha value is -6.71. The van der Waals surface area contributed by atoms with Crippen molar-refractivity contribution in [2.45, 2.75) is 44.6 Å². The molecule has 0 unspecified atom stereocenters. The Morgan fingerprint density at radius 1 is 0.965 bits per heavy atom. The number of carboxylic acids is 1. The zero-order chi connectivity index (χ0) is 41.2. The fourth-order valence-corrected chi connectivity index (χ4v) is 5.88. The van der Waals surface area contributed by atoms with Crippen LogP contribution in [0.25, 0.3) is 33.9 Å². The highest BCUT2D eigenvalue weighted by Gasteiger charge is 2.38. The van der Waals surface area contributed by atoms with Gasteiger partial charge in [0.05, 0.1) is 53.7 Å². The number of amides is 1. The van der Waals surface area contributed by atoms with Crippen LogP contribution >= 0.6 is 11.6 Å². The standard InChI is InChI=1S/C32H25ClF3N11O3.C2HF3O2/c1-17-3-2-4-25(22-9-18(7-8-38-22)29-23(41-30(17)49)13-46(43-29)26-12-37-15-39-31(26)50)45-16-40-21(11-28(45)48)20-10-19(33)5-6-24(20)47-14-27(42-44-47)32(34,35)36;3-2(4,5)1(6)7/h5-17,25H,2-4H2,1H3,(H,41,49)(H,37,39,50);(H,6,7)/t17-,25+;/m1./s1. The van der Waals surface area contributed by atoms with Crippen LogP contribution in [0.2, 0.25) is 5.02 Å². The average molecular weight is 818 g/mol. The fourth-order valence-electron chi connectivity index (χ4n) is 5.71. The molecule has 23 heteroatoms. The van der Waals surface area contributed by atoms with E-state index in [9.17, 15) is 41.0 Å². The van der Waals surface area contributed by atoms with Crippen LogP contribution in [0.4, 0.5) is 32.0 Å². The first-order valence-electron chi connectivity index (χ1n) is 16.4. The molecule has 2 atom stereocenters. The molecule has 0 radical (unpaired) electrons. The predicted octanol–water partition coefficient (Wildman–Crippen LogP) is 5.89. The third-order valence-corrected chi connectivity index (χ3v) is 8.76. The number of carboxylic acid groups (broad SMARTS) is 1. The Bertz CT molecular complexity index is 2520. The molecule has 7 rings (SSSR count). The molecule has 0 spiro atoms. The van der Waals surface area contributed by atoms with Gasteiger partial charge in [0.2, 0.25) is 11.8 Å². The molecular formula is C34H26ClF6N11O5. The molecule has 0 fully saturated rings. The lowest BCUT2D eigenvalue weighted by Crippen LogP contribution is -2.27. The number of hydrogen-bond donors (Lipinski definition) is 3. The van der Waals surface area contributed by atoms with Crippen molar-refractivity contribution in [3.8, 4) is 39.8 Å². The van der Waals surface area contributed by atoms with E-state index in [2.05, 4.69) is 40.7 Å². The van der Waals surface area contributed by atoms with Gasteiger partial charge in [0, 0.05) is 34.3 Å². The first-order chi connectivity index (χ1) is 26.9. The number of nitrogens with one attached hydrogen (secondary N) is 1. The van der Waals surface area contributed by atoms with E-state index in [1.807, 2.05) is 0 Å². The number of alkyl halides is 6. The highest BCUT2D eigenvalue weighted by molar-refractivity contribution is 6.31. The molecule has 2 bridgehead atoms. The molecule has 6 aromatic rings. The second-order valence-electron chi connectivity index (χ2n) is 12.4. The van der Waals surface area contributed by atoms with Gasteiger partial charge in [-0.1, -0.05) is 30.2 Å². The number of hydrogen-bond acceptors (Lipinski definition) is 11. The van der Waals surface area contributed by atoms with E-state index in [0.717, 1.165) is 10.9 Å². The van der Waals surface area contributed by atoms with Gasteiger partial charge in [0.25, 0.3) is 5.56 Å². The third kappa shape index (κ3) is 8.90. The van der Waals surface area contributed by atoms with Crippen molar-refractivity contribution in [2.24, 2.45) is 5.92 Å². The van der Waals surface area contributed by atoms with Crippen molar-refractivity contribution in [1.29, 1.82) is 0 Å². The van der Waals surface area contributed by atoms with Crippen LogP contribution in [-0.2, 0) is 15.8 Å². The number of pyridine rings is 1. The zero-order valence-electron chi connectivity index (χ0n) is 28.9. The van der Waals surface area contributed by atoms with E-state index in [4.69, 9.17) is 21.5 Å². The second kappa shape index (κ2) is 15.8. The lowest BCUT2D eigenvalue weighted by molar-refractivity contribution is -0.192. The molecule has 1 aliphatic heterocycles. The molecule has 3 N–H and O–H groups in total. The summed E-state index contributed by atoms with van der Waals surface area (Å²) in [7, 11) is 0. The number of aliphatic carboxylic acids is 1. The summed E-state index contributed by atoms with van der Waals surface area (Å²) >= 11 is 6.25. The SMILES string of the molecule is C[C@@H]1CCC[C@H](n2cnc(-c3cc(Cl)ccc3-n3cc(C(F)(F)F)nn3)cc2=O)c2cc(ccn2)-c2nn(-c3cncnc3O)cc2NC1=O.O=C(O)C(F)(F)F. The second-order valence-corrected chi connectivity index (χ2v) is 12.8. The van der Waals surface area contributed by atoms with Gasteiger partial charge in [0.1, 0.15) is 17.7 Å². The van der Waals surface area contributed by atoms with E-state index in [1.54, 1.807) is 31.5 Å². The summed E-state index contributed by atoms with van der Waals surface area (Å²) in [5.74, 6) is -3.70. The normalized spacial score (nSPS) is 16.0. The largest absolute Gasteiger partial charge is 0.492 e. The summed E-state index contributed by atoms with van der Waals surface area (Å²) < 4.78 is 75.3.